The van der Waals surface area contributed by atoms with Crippen LogP contribution in [0.15, 0.2) is 42.5 Å². The first kappa shape index (κ1) is 16.7. The summed E-state index contributed by atoms with van der Waals surface area (Å²) in [4.78, 5) is 4.55. The number of hydrogen-bond acceptors (Lipinski definition) is 6. The smallest absolute Gasteiger partial charge is 0.247 e. The van der Waals surface area contributed by atoms with E-state index in [1.807, 2.05) is 47.0 Å². The van der Waals surface area contributed by atoms with Gasteiger partial charge in [0.25, 0.3) is 0 Å². The van der Waals surface area contributed by atoms with Crippen molar-refractivity contribution in [1.29, 1.82) is 0 Å². The Morgan fingerprint density at radius 2 is 1.88 bits per heavy atom. The van der Waals surface area contributed by atoms with Crippen molar-refractivity contribution in [3.63, 3.8) is 0 Å². The third-order valence-corrected chi connectivity index (χ3v) is 4.76. The zero-order chi connectivity index (χ0) is 17.9. The van der Waals surface area contributed by atoms with E-state index in [0.717, 1.165) is 48.6 Å². The lowest BCUT2D eigenvalue weighted by atomic mass is 9.93. The first-order chi connectivity index (χ1) is 12.7. The van der Waals surface area contributed by atoms with Crippen molar-refractivity contribution in [3.8, 4) is 5.75 Å². The minimum atomic E-state index is -0.160. The fourth-order valence-electron chi connectivity index (χ4n) is 3.37. The zero-order valence-electron chi connectivity index (χ0n) is 14.7. The van der Waals surface area contributed by atoms with E-state index in [-0.39, 0.29) is 6.10 Å². The summed E-state index contributed by atoms with van der Waals surface area (Å²) in [7, 11) is 1.64. The molecule has 1 aliphatic rings. The average Bonchev–Trinajstić information content (AvgIpc) is 3.07. The standard InChI is InChI=1S/C19H23N5O2/c1-26-16-6-3-2-5-15(16)21-19-22-18-8-4-7-17(24(18)23-19)20-13-9-11-14(25)12-10-13/h2-8,13-14,20,25H,9-12H2,1H3,(H,21,23)/t13-,14+. The largest absolute Gasteiger partial charge is 0.495 e. The van der Waals surface area contributed by atoms with Crippen LogP contribution in [0.5, 0.6) is 5.75 Å². The normalized spacial score (nSPS) is 20.1. The summed E-state index contributed by atoms with van der Waals surface area (Å²) in [5.41, 5.74) is 1.59. The Kier molecular flexibility index (Phi) is 4.62. The first-order valence-electron chi connectivity index (χ1n) is 8.93. The van der Waals surface area contributed by atoms with Crippen LogP contribution in [0.2, 0.25) is 0 Å². The minimum Gasteiger partial charge on any atom is -0.495 e. The second-order valence-corrected chi connectivity index (χ2v) is 6.59. The molecule has 0 atom stereocenters. The van der Waals surface area contributed by atoms with Gasteiger partial charge < -0.3 is 20.5 Å². The van der Waals surface area contributed by atoms with Gasteiger partial charge in [-0.2, -0.15) is 9.50 Å². The highest BCUT2D eigenvalue weighted by Gasteiger charge is 2.20. The van der Waals surface area contributed by atoms with Gasteiger partial charge in [0, 0.05) is 6.04 Å². The molecular formula is C19H23N5O2. The van der Waals surface area contributed by atoms with Crippen molar-refractivity contribution in [2.75, 3.05) is 17.7 Å². The second kappa shape index (κ2) is 7.21. The number of para-hydroxylation sites is 2. The molecule has 2 aromatic heterocycles. The number of fused-ring (bicyclic) bond motifs is 1. The van der Waals surface area contributed by atoms with Crippen molar-refractivity contribution in [2.24, 2.45) is 0 Å². The maximum absolute atomic E-state index is 9.68. The molecule has 1 saturated carbocycles. The Morgan fingerprint density at radius 1 is 1.08 bits per heavy atom. The lowest BCUT2D eigenvalue weighted by Crippen LogP contribution is -2.29. The van der Waals surface area contributed by atoms with Crippen molar-refractivity contribution >= 4 is 23.1 Å². The number of hydrogen-bond donors (Lipinski definition) is 3. The molecule has 7 heteroatoms. The van der Waals surface area contributed by atoms with Gasteiger partial charge in [-0.3, -0.25) is 0 Å². The Balaban J connectivity index is 1.57. The molecule has 4 rings (SSSR count). The molecule has 2 heterocycles. The average molecular weight is 353 g/mol. The number of aliphatic hydroxyl groups excluding tert-OH is 1. The molecule has 1 aliphatic carbocycles. The van der Waals surface area contributed by atoms with E-state index in [2.05, 4.69) is 20.7 Å². The Labute approximate surface area is 152 Å². The van der Waals surface area contributed by atoms with E-state index in [0.29, 0.717) is 12.0 Å². The summed E-state index contributed by atoms with van der Waals surface area (Å²) in [6, 6.07) is 13.9. The van der Waals surface area contributed by atoms with Crippen LogP contribution >= 0.6 is 0 Å². The molecule has 7 nitrogen and oxygen atoms in total. The number of nitrogens with one attached hydrogen (secondary N) is 2. The van der Waals surface area contributed by atoms with Gasteiger partial charge in [-0.05, 0) is 49.9 Å². The monoisotopic (exact) mass is 353 g/mol. The van der Waals surface area contributed by atoms with Crippen LogP contribution in [0, 0.1) is 0 Å². The second-order valence-electron chi connectivity index (χ2n) is 6.59. The van der Waals surface area contributed by atoms with Gasteiger partial charge in [-0.1, -0.05) is 18.2 Å². The van der Waals surface area contributed by atoms with Gasteiger partial charge in [-0.15, -0.1) is 5.10 Å². The zero-order valence-corrected chi connectivity index (χ0v) is 14.7. The van der Waals surface area contributed by atoms with E-state index >= 15 is 0 Å². The highest BCUT2D eigenvalue weighted by Crippen LogP contribution is 2.27. The van der Waals surface area contributed by atoms with E-state index < -0.39 is 0 Å². The van der Waals surface area contributed by atoms with Crippen molar-refractivity contribution < 1.29 is 9.84 Å². The van der Waals surface area contributed by atoms with Gasteiger partial charge in [0.1, 0.15) is 11.6 Å². The molecule has 0 radical (unpaired) electrons. The van der Waals surface area contributed by atoms with Gasteiger partial charge in [0.15, 0.2) is 5.65 Å². The van der Waals surface area contributed by atoms with Crippen molar-refractivity contribution in [1.82, 2.24) is 14.6 Å². The van der Waals surface area contributed by atoms with Crippen LogP contribution in [0.1, 0.15) is 25.7 Å². The molecule has 0 saturated heterocycles. The third-order valence-electron chi connectivity index (χ3n) is 4.76. The fourth-order valence-corrected chi connectivity index (χ4v) is 3.37. The van der Waals surface area contributed by atoms with E-state index in [9.17, 15) is 5.11 Å². The number of ether oxygens (including phenoxy) is 1. The summed E-state index contributed by atoms with van der Waals surface area (Å²) in [6.07, 6.45) is 3.43. The third kappa shape index (κ3) is 3.43. The summed E-state index contributed by atoms with van der Waals surface area (Å²) in [5.74, 6) is 2.16. The van der Waals surface area contributed by atoms with Crippen LogP contribution in [0.25, 0.3) is 5.65 Å². The Hall–Kier alpha value is -2.80. The summed E-state index contributed by atoms with van der Waals surface area (Å²) < 4.78 is 7.18. The SMILES string of the molecule is COc1ccccc1Nc1nc2cccc(N[C@H]3CC[C@@H](O)CC3)n2n1. The molecule has 0 spiro atoms. The first-order valence-corrected chi connectivity index (χ1v) is 8.93. The molecule has 0 bridgehead atoms. The number of methoxy groups -OCH3 is 1. The predicted molar refractivity (Wildman–Crippen MR) is 101 cm³/mol. The highest BCUT2D eigenvalue weighted by atomic mass is 16.5. The predicted octanol–water partition coefficient (Wildman–Crippen LogP) is 3.20. The van der Waals surface area contributed by atoms with Crippen LogP contribution in [-0.2, 0) is 0 Å². The van der Waals surface area contributed by atoms with Gasteiger partial charge in [0.05, 0.1) is 18.9 Å². The fraction of sp³-hybridized carbons (Fsp3) is 0.368. The van der Waals surface area contributed by atoms with E-state index in [1.54, 1.807) is 7.11 Å². The number of pyridine rings is 1. The van der Waals surface area contributed by atoms with Gasteiger partial charge in [-0.25, -0.2) is 0 Å². The molecule has 3 aromatic rings. The number of aromatic nitrogens is 3. The minimum absolute atomic E-state index is 0.160. The summed E-state index contributed by atoms with van der Waals surface area (Å²) in [5, 5.41) is 21.0. The number of anilines is 3. The molecule has 0 unspecified atom stereocenters. The van der Waals surface area contributed by atoms with Crippen LogP contribution in [0.3, 0.4) is 0 Å². The molecule has 0 amide bonds. The summed E-state index contributed by atoms with van der Waals surface area (Å²) >= 11 is 0. The number of benzene rings is 1. The van der Waals surface area contributed by atoms with E-state index in [1.165, 1.54) is 0 Å². The maximum Gasteiger partial charge on any atom is 0.247 e. The lowest BCUT2D eigenvalue weighted by molar-refractivity contribution is 0.126. The van der Waals surface area contributed by atoms with Gasteiger partial charge in [0.2, 0.25) is 5.95 Å². The quantitative estimate of drug-likeness (QED) is 0.653. The Bertz CT molecular complexity index is 887. The van der Waals surface area contributed by atoms with Crippen LogP contribution in [0.4, 0.5) is 17.5 Å². The highest BCUT2D eigenvalue weighted by molar-refractivity contribution is 5.64. The van der Waals surface area contributed by atoms with Crippen LogP contribution in [-0.4, -0.2) is 39.0 Å². The summed E-state index contributed by atoms with van der Waals surface area (Å²) in [6.45, 7) is 0. The lowest BCUT2D eigenvalue weighted by Gasteiger charge is -2.26. The maximum atomic E-state index is 9.68. The van der Waals surface area contributed by atoms with Crippen molar-refractivity contribution in [2.45, 2.75) is 37.8 Å². The number of aliphatic hydroxyl groups is 1. The molecular weight excluding hydrogens is 330 g/mol. The molecule has 1 aromatic carbocycles. The number of nitrogens with zero attached hydrogens (tertiary/aromatic N) is 3. The van der Waals surface area contributed by atoms with Crippen molar-refractivity contribution in [3.05, 3.63) is 42.5 Å². The molecule has 0 aliphatic heterocycles. The molecule has 136 valence electrons. The van der Waals surface area contributed by atoms with Gasteiger partial charge >= 0.3 is 0 Å². The molecule has 1 fully saturated rings. The molecule has 3 N–H and O–H groups in total. The van der Waals surface area contributed by atoms with E-state index in [4.69, 9.17) is 4.74 Å². The topological polar surface area (TPSA) is 83.7 Å². The molecule has 26 heavy (non-hydrogen) atoms. The van der Waals surface area contributed by atoms with Crippen LogP contribution < -0.4 is 15.4 Å². The number of rotatable bonds is 5. The Morgan fingerprint density at radius 3 is 2.69 bits per heavy atom.